The van der Waals surface area contributed by atoms with Gasteiger partial charge in [0.2, 0.25) is 5.91 Å². The SMILES string of the molecule is CCOc1ccccc1C(=O)N1CCCC1C(=O)NCCc1c[nH]c2cc(F)ccc12. The van der Waals surface area contributed by atoms with Crippen molar-refractivity contribution < 1.29 is 18.7 Å². The maximum Gasteiger partial charge on any atom is 0.258 e. The third-order valence-electron chi connectivity index (χ3n) is 5.66. The van der Waals surface area contributed by atoms with Crippen LogP contribution in [0.2, 0.25) is 0 Å². The van der Waals surface area contributed by atoms with Gasteiger partial charge in [-0.05, 0) is 62.1 Å². The molecule has 2 N–H and O–H groups in total. The molecule has 0 aliphatic carbocycles. The molecule has 0 bridgehead atoms. The Labute approximate surface area is 180 Å². The summed E-state index contributed by atoms with van der Waals surface area (Å²) in [5, 5.41) is 3.91. The largest absolute Gasteiger partial charge is 0.493 e. The van der Waals surface area contributed by atoms with Gasteiger partial charge in [-0.15, -0.1) is 0 Å². The van der Waals surface area contributed by atoms with Crippen LogP contribution in [-0.2, 0) is 11.2 Å². The standard InChI is InChI=1S/C24H26FN3O3/c1-2-31-22-8-4-3-6-19(22)24(30)28-13-5-7-21(28)23(29)26-12-11-16-15-27-20-14-17(25)9-10-18(16)20/h3-4,6,8-10,14-15,21,27H,2,5,7,11-13H2,1H3,(H,26,29). The molecule has 4 rings (SSSR count). The summed E-state index contributed by atoms with van der Waals surface area (Å²) in [5.41, 5.74) is 2.23. The number of halogens is 1. The summed E-state index contributed by atoms with van der Waals surface area (Å²) in [6, 6.07) is 11.3. The van der Waals surface area contributed by atoms with Crippen LogP contribution in [0.5, 0.6) is 5.75 Å². The van der Waals surface area contributed by atoms with Crippen LogP contribution in [0.25, 0.3) is 10.9 Å². The van der Waals surface area contributed by atoms with Crippen molar-refractivity contribution in [1.82, 2.24) is 15.2 Å². The highest BCUT2D eigenvalue weighted by atomic mass is 19.1. The average Bonchev–Trinajstić information content (AvgIpc) is 3.41. The number of benzene rings is 2. The maximum absolute atomic E-state index is 13.4. The van der Waals surface area contributed by atoms with Crippen LogP contribution in [0.15, 0.2) is 48.7 Å². The number of nitrogens with one attached hydrogen (secondary N) is 2. The Morgan fingerprint density at radius 3 is 2.94 bits per heavy atom. The Kier molecular flexibility index (Phi) is 6.21. The summed E-state index contributed by atoms with van der Waals surface area (Å²) in [7, 11) is 0. The van der Waals surface area contributed by atoms with Crippen molar-refractivity contribution in [3.63, 3.8) is 0 Å². The van der Waals surface area contributed by atoms with Crippen LogP contribution in [0.4, 0.5) is 4.39 Å². The van der Waals surface area contributed by atoms with Gasteiger partial charge in [0.1, 0.15) is 17.6 Å². The van der Waals surface area contributed by atoms with Crippen LogP contribution in [0.1, 0.15) is 35.7 Å². The van der Waals surface area contributed by atoms with Gasteiger partial charge in [-0.3, -0.25) is 9.59 Å². The monoisotopic (exact) mass is 423 g/mol. The van der Waals surface area contributed by atoms with E-state index in [-0.39, 0.29) is 17.6 Å². The number of ether oxygens (including phenoxy) is 1. The molecule has 1 aromatic heterocycles. The van der Waals surface area contributed by atoms with Crippen LogP contribution < -0.4 is 10.1 Å². The fraction of sp³-hybridized carbons (Fsp3) is 0.333. The highest BCUT2D eigenvalue weighted by Gasteiger charge is 2.35. The lowest BCUT2D eigenvalue weighted by Crippen LogP contribution is -2.46. The number of carbonyl (C=O) groups excluding carboxylic acids is 2. The first-order valence-electron chi connectivity index (χ1n) is 10.6. The molecule has 1 saturated heterocycles. The zero-order valence-electron chi connectivity index (χ0n) is 17.5. The van der Waals surface area contributed by atoms with Crippen LogP contribution in [0.3, 0.4) is 0 Å². The van der Waals surface area contributed by atoms with E-state index in [1.807, 2.05) is 19.2 Å². The van der Waals surface area contributed by atoms with Crippen molar-refractivity contribution in [3.8, 4) is 5.75 Å². The molecule has 2 heterocycles. The summed E-state index contributed by atoms with van der Waals surface area (Å²) >= 11 is 0. The van der Waals surface area contributed by atoms with E-state index in [1.54, 1.807) is 29.2 Å². The second kappa shape index (κ2) is 9.20. The quantitative estimate of drug-likeness (QED) is 0.609. The predicted octanol–water partition coefficient (Wildman–Crippen LogP) is 3.67. The Hall–Kier alpha value is -3.35. The molecule has 1 atom stereocenters. The molecule has 3 aromatic rings. The van der Waals surface area contributed by atoms with Crippen LogP contribution in [-0.4, -0.2) is 47.4 Å². The number of hydrogen-bond acceptors (Lipinski definition) is 3. The second-order valence-electron chi connectivity index (χ2n) is 7.63. The minimum atomic E-state index is -0.487. The number of H-pyrrole nitrogens is 1. The van der Waals surface area contributed by atoms with E-state index in [4.69, 9.17) is 4.74 Å². The summed E-state index contributed by atoms with van der Waals surface area (Å²) < 4.78 is 18.9. The predicted molar refractivity (Wildman–Crippen MR) is 117 cm³/mol. The van der Waals surface area contributed by atoms with Gasteiger partial charge in [0.25, 0.3) is 5.91 Å². The molecule has 0 saturated carbocycles. The average molecular weight is 423 g/mol. The maximum atomic E-state index is 13.4. The van der Waals surface area contributed by atoms with Gasteiger partial charge in [-0.2, -0.15) is 0 Å². The lowest BCUT2D eigenvalue weighted by atomic mass is 10.1. The molecule has 7 heteroatoms. The van der Waals surface area contributed by atoms with Crippen molar-refractivity contribution in [3.05, 3.63) is 65.6 Å². The van der Waals surface area contributed by atoms with E-state index in [0.29, 0.717) is 43.9 Å². The number of aromatic nitrogens is 1. The molecule has 0 spiro atoms. The second-order valence-corrected chi connectivity index (χ2v) is 7.63. The zero-order chi connectivity index (χ0) is 21.8. The van der Waals surface area contributed by atoms with E-state index < -0.39 is 6.04 Å². The number of rotatable bonds is 7. The van der Waals surface area contributed by atoms with E-state index in [9.17, 15) is 14.0 Å². The molecule has 1 fully saturated rings. The number of nitrogens with zero attached hydrogens (tertiary/aromatic N) is 1. The third kappa shape index (κ3) is 4.40. The Morgan fingerprint density at radius 1 is 1.26 bits per heavy atom. The number of para-hydroxylation sites is 1. The first-order chi connectivity index (χ1) is 15.1. The first kappa shape index (κ1) is 20.9. The van der Waals surface area contributed by atoms with Crippen LogP contribution in [0, 0.1) is 5.82 Å². The van der Waals surface area contributed by atoms with Gasteiger partial charge >= 0.3 is 0 Å². The van der Waals surface area contributed by atoms with Gasteiger partial charge in [-0.25, -0.2) is 4.39 Å². The van der Waals surface area contributed by atoms with Gasteiger partial charge < -0.3 is 19.9 Å². The van der Waals surface area contributed by atoms with E-state index in [2.05, 4.69) is 10.3 Å². The summed E-state index contributed by atoms with van der Waals surface area (Å²) in [6.07, 6.45) is 3.88. The van der Waals surface area contributed by atoms with Crippen molar-refractivity contribution in [2.24, 2.45) is 0 Å². The van der Waals surface area contributed by atoms with Gasteiger partial charge in [-0.1, -0.05) is 12.1 Å². The third-order valence-corrected chi connectivity index (χ3v) is 5.66. The van der Waals surface area contributed by atoms with Crippen molar-refractivity contribution >= 4 is 22.7 Å². The number of likely N-dealkylation sites (tertiary alicyclic amines) is 1. The van der Waals surface area contributed by atoms with Gasteiger partial charge in [0, 0.05) is 30.2 Å². The molecule has 2 amide bonds. The van der Waals surface area contributed by atoms with Crippen molar-refractivity contribution in [1.29, 1.82) is 0 Å². The van der Waals surface area contributed by atoms with Crippen molar-refractivity contribution in [2.75, 3.05) is 19.7 Å². The summed E-state index contributed by atoms with van der Waals surface area (Å²) in [5.74, 6) is -0.0751. The molecule has 1 aliphatic rings. The zero-order valence-corrected chi connectivity index (χ0v) is 17.5. The first-order valence-corrected chi connectivity index (χ1v) is 10.6. The number of amides is 2. The minimum Gasteiger partial charge on any atom is -0.493 e. The molecular weight excluding hydrogens is 397 g/mol. The topological polar surface area (TPSA) is 74.4 Å². The summed E-state index contributed by atoms with van der Waals surface area (Å²) in [4.78, 5) is 30.7. The van der Waals surface area contributed by atoms with Gasteiger partial charge in [0.15, 0.2) is 0 Å². The molecule has 1 aliphatic heterocycles. The molecular formula is C24H26FN3O3. The molecule has 6 nitrogen and oxygen atoms in total. The molecule has 0 radical (unpaired) electrons. The highest BCUT2D eigenvalue weighted by molar-refractivity contribution is 6.00. The number of aromatic amines is 1. The lowest BCUT2D eigenvalue weighted by Gasteiger charge is -2.25. The molecule has 162 valence electrons. The molecule has 31 heavy (non-hydrogen) atoms. The Bertz CT molecular complexity index is 1090. The molecule has 2 aromatic carbocycles. The number of fused-ring (bicyclic) bond motifs is 1. The van der Waals surface area contributed by atoms with E-state index in [0.717, 1.165) is 22.9 Å². The normalized spacial score (nSPS) is 15.9. The van der Waals surface area contributed by atoms with E-state index >= 15 is 0 Å². The van der Waals surface area contributed by atoms with E-state index in [1.165, 1.54) is 12.1 Å². The Morgan fingerprint density at radius 2 is 2.10 bits per heavy atom. The molecule has 1 unspecified atom stereocenters. The van der Waals surface area contributed by atoms with Crippen molar-refractivity contribution in [2.45, 2.75) is 32.2 Å². The van der Waals surface area contributed by atoms with Gasteiger partial charge in [0.05, 0.1) is 12.2 Å². The number of carbonyl (C=O) groups is 2. The lowest BCUT2D eigenvalue weighted by molar-refractivity contribution is -0.124. The highest BCUT2D eigenvalue weighted by Crippen LogP contribution is 2.25. The fourth-order valence-corrected chi connectivity index (χ4v) is 4.17. The minimum absolute atomic E-state index is 0.148. The number of hydrogen-bond donors (Lipinski definition) is 2. The van der Waals surface area contributed by atoms with Crippen LogP contribution >= 0.6 is 0 Å². The Balaban J connectivity index is 1.39. The fourth-order valence-electron chi connectivity index (χ4n) is 4.17. The smallest absolute Gasteiger partial charge is 0.258 e. The summed E-state index contributed by atoms with van der Waals surface area (Å²) in [6.45, 7) is 3.33.